The minimum Gasteiger partial charge on any atom is -0.394 e. The monoisotopic (exact) mass is 414 g/mol. The number of alkyl halides is 1. The zero-order valence-electron chi connectivity index (χ0n) is 10.4. The van der Waals surface area contributed by atoms with Crippen LogP contribution in [0.15, 0.2) is 19.9 Å². The first-order valence-corrected chi connectivity index (χ1v) is 7.05. The second-order valence-electron chi connectivity index (χ2n) is 4.43. The minimum atomic E-state index is -3.29. The van der Waals surface area contributed by atoms with Gasteiger partial charge in [-0.25, -0.2) is 9.18 Å². The number of aliphatic hydroxyl groups excluding tert-OH is 2. The van der Waals surface area contributed by atoms with Gasteiger partial charge in [0.25, 0.3) is 11.4 Å². The highest BCUT2D eigenvalue weighted by Gasteiger charge is 2.57. The highest BCUT2D eigenvalue weighted by molar-refractivity contribution is 14.1. The number of halogens is 2. The highest BCUT2D eigenvalue weighted by Crippen LogP contribution is 2.38. The summed E-state index contributed by atoms with van der Waals surface area (Å²) in [6.07, 6.45) is -2.96. The van der Waals surface area contributed by atoms with Crippen molar-refractivity contribution in [2.45, 2.75) is 24.3 Å². The SMILES string of the molecule is O=c1[nH]c(=O)n([C@@H]2O[C@H](CO)[C@@H](O)[C@@]2(O)F)cc1C=CI. The maximum atomic E-state index is 14.2. The Kier molecular flexibility index (Phi) is 4.63. The van der Waals surface area contributed by atoms with Gasteiger partial charge in [0, 0.05) is 6.20 Å². The molecule has 1 aliphatic heterocycles. The zero-order valence-corrected chi connectivity index (χ0v) is 12.6. The largest absolute Gasteiger partial charge is 0.394 e. The Labute approximate surface area is 130 Å². The number of rotatable bonds is 3. The second kappa shape index (κ2) is 5.96. The molecule has 1 aliphatic rings. The van der Waals surface area contributed by atoms with E-state index < -0.39 is 42.1 Å². The third-order valence-electron chi connectivity index (χ3n) is 3.09. The number of hydrogen-bond donors (Lipinski definition) is 4. The molecule has 2 heterocycles. The Balaban J connectivity index is 2.54. The molecule has 4 N–H and O–H groups in total. The van der Waals surface area contributed by atoms with Crippen LogP contribution < -0.4 is 11.2 Å². The van der Waals surface area contributed by atoms with Gasteiger partial charge in [-0.2, -0.15) is 0 Å². The Morgan fingerprint density at radius 3 is 2.76 bits per heavy atom. The van der Waals surface area contributed by atoms with E-state index in [-0.39, 0.29) is 5.56 Å². The van der Waals surface area contributed by atoms with Crippen molar-refractivity contribution >= 4 is 28.7 Å². The van der Waals surface area contributed by atoms with Gasteiger partial charge in [-0.1, -0.05) is 22.6 Å². The maximum absolute atomic E-state index is 14.2. The van der Waals surface area contributed by atoms with Crippen LogP contribution in [0.4, 0.5) is 4.39 Å². The van der Waals surface area contributed by atoms with Crippen LogP contribution in [0.25, 0.3) is 6.08 Å². The molecule has 4 atom stereocenters. The summed E-state index contributed by atoms with van der Waals surface area (Å²) < 4.78 is 21.3. The van der Waals surface area contributed by atoms with Crippen LogP contribution in [0.3, 0.4) is 0 Å². The molecule has 116 valence electrons. The fraction of sp³-hybridized carbons (Fsp3) is 0.455. The summed E-state index contributed by atoms with van der Waals surface area (Å²) in [4.78, 5) is 25.2. The van der Waals surface area contributed by atoms with Crippen LogP contribution in [0.5, 0.6) is 0 Å². The molecule has 0 radical (unpaired) electrons. The van der Waals surface area contributed by atoms with E-state index in [1.807, 2.05) is 27.6 Å². The third kappa shape index (κ3) is 2.81. The molecular formula is C11H12FIN2O6. The summed E-state index contributed by atoms with van der Waals surface area (Å²) in [5.41, 5.74) is -1.67. The summed E-state index contributed by atoms with van der Waals surface area (Å²) in [6.45, 7) is -0.748. The summed E-state index contributed by atoms with van der Waals surface area (Å²) in [5.74, 6) is -3.29. The van der Waals surface area contributed by atoms with Gasteiger partial charge in [0.1, 0.15) is 12.2 Å². The van der Waals surface area contributed by atoms with Gasteiger partial charge in [-0.3, -0.25) is 14.3 Å². The standard InChI is InChI=1S/C11H12FIN2O6/c12-11(20)7(17)6(4-16)21-9(11)15-3-5(1-2-13)8(18)14-10(15)19/h1-3,6-7,9,16-17,20H,4H2,(H,14,18,19)/t6-,7-,9-,11+/m1/s1. The molecule has 1 saturated heterocycles. The molecular weight excluding hydrogens is 402 g/mol. The van der Waals surface area contributed by atoms with E-state index in [0.29, 0.717) is 4.57 Å². The topological polar surface area (TPSA) is 125 Å². The van der Waals surface area contributed by atoms with Crippen LogP contribution in [0.2, 0.25) is 0 Å². The molecule has 1 aromatic rings. The zero-order chi connectivity index (χ0) is 15.8. The van der Waals surface area contributed by atoms with Gasteiger partial charge in [0.2, 0.25) is 0 Å². The number of aliphatic hydroxyl groups is 3. The molecule has 21 heavy (non-hydrogen) atoms. The molecule has 2 rings (SSSR count). The van der Waals surface area contributed by atoms with Gasteiger partial charge in [-0.15, -0.1) is 0 Å². The number of nitrogens with zero attached hydrogens (tertiary/aromatic N) is 1. The first kappa shape index (κ1) is 16.3. The quantitative estimate of drug-likeness (QED) is 0.464. The van der Waals surface area contributed by atoms with Crippen LogP contribution in [-0.4, -0.2) is 49.5 Å². The van der Waals surface area contributed by atoms with Gasteiger partial charge >= 0.3 is 5.69 Å². The first-order valence-electron chi connectivity index (χ1n) is 5.80. The van der Waals surface area contributed by atoms with Gasteiger partial charge in [0.05, 0.1) is 12.2 Å². The van der Waals surface area contributed by atoms with Crippen molar-refractivity contribution in [2.24, 2.45) is 0 Å². The Morgan fingerprint density at radius 1 is 1.57 bits per heavy atom. The Morgan fingerprint density at radius 2 is 2.24 bits per heavy atom. The van der Waals surface area contributed by atoms with E-state index in [0.717, 1.165) is 6.20 Å². The van der Waals surface area contributed by atoms with Crippen LogP contribution in [0.1, 0.15) is 11.8 Å². The van der Waals surface area contributed by atoms with Crippen LogP contribution in [0, 0.1) is 0 Å². The molecule has 0 unspecified atom stereocenters. The number of aromatic amines is 1. The fourth-order valence-electron chi connectivity index (χ4n) is 2.01. The van der Waals surface area contributed by atoms with Crippen molar-refractivity contribution in [2.75, 3.05) is 6.61 Å². The van der Waals surface area contributed by atoms with Crippen molar-refractivity contribution in [3.8, 4) is 0 Å². The maximum Gasteiger partial charge on any atom is 0.330 e. The van der Waals surface area contributed by atoms with Crippen LogP contribution >= 0.6 is 22.6 Å². The van der Waals surface area contributed by atoms with Crippen LogP contribution in [-0.2, 0) is 4.74 Å². The fourth-order valence-corrected chi connectivity index (χ4v) is 2.39. The molecule has 1 fully saturated rings. The van der Waals surface area contributed by atoms with Crippen molar-refractivity contribution in [3.63, 3.8) is 0 Å². The average Bonchev–Trinajstić information content (AvgIpc) is 2.65. The number of H-pyrrole nitrogens is 1. The van der Waals surface area contributed by atoms with E-state index in [4.69, 9.17) is 9.84 Å². The lowest BCUT2D eigenvalue weighted by molar-refractivity contribution is -0.197. The predicted octanol–water partition coefficient (Wildman–Crippen LogP) is -1.15. The summed E-state index contributed by atoms with van der Waals surface area (Å²) >= 11 is 1.85. The number of nitrogens with one attached hydrogen (secondary N) is 1. The smallest absolute Gasteiger partial charge is 0.330 e. The molecule has 0 bridgehead atoms. The molecule has 10 heteroatoms. The summed E-state index contributed by atoms with van der Waals surface area (Å²) in [6, 6.07) is 0. The molecule has 0 saturated carbocycles. The predicted molar refractivity (Wildman–Crippen MR) is 77.4 cm³/mol. The molecule has 1 aromatic heterocycles. The van der Waals surface area contributed by atoms with Gasteiger partial charge in [-0.05, 0) is 10.2 Å². The number of ether oxygens (including phenoxy) is 1. The molecule has 0 spiro atoms. The van der Waals surface area contributed by atoms with Crippen molar-refractivity contribution in [1.82, 2.24) is 9.55 Å². The molecule has 0 aromatic carbocycles. The normalized spacial score (nSPS) is 32.9. The number of hydrogen-bond acceptors (Lipinski definition) is 6. The van der Waals surface area contributed by atoms with E-state index >= 15 is 0 Å². The number of aromatic nitrogens is 2. The van der Waals surface area contributed by atoms with E-state index in [1.54, 1.807) is 0 Å². The molecule has 0 amide bonds. The Hall–Kier alpha value is -1.08. The third-order valence-corrected chi connectivity index (χ3v) is 3.45. The van der Waals surface area contributed by atoms with Crippen molar-refractivity contribution in [3.05, 3.63) is 36.7 Å². The highest BCUT2D eigenvalue weighted by atomic mass is 127. The second-order valence-corrected chi connectivity index (χ2v) is 5.14. The lowest BCUT2D eigenvalue weighted by atomic mass is 10.1. The summed E-state index contributed by atoms with van der Waals surface area (Å²) in [5, 5.41) is 28.2. The van der Waals surface area contributed by atoms with Gasteiger partial charge in [0.15, 0.2) is 6.23 Å². The Bertz CT molecular complexity index is 669. The van der Waals surface area contributed by atoms with Gasteiger partial charge < -0.3 is 20.1 Å². The van der Waals surface area contributed by atoms with Crippen molar-refractivity contribution < 1.29 is 24.4 Å². The lowest BCUT2D eigenvalue weighted by Crippen LogP contribution is -2.46. The summed E-state index contributed by atoms with van der Waals surface area (Å²) in [7, 11) is 0. The lowest BCUT2D eigenvalue weighted by Gasteiger charge is -2.23. The molecule has 0 aliphatic carbocycles. The first-order chi connectivity index (χ1) is 9.82. The minimum absolute atomic E-state index is 0.0327. The molecule has 8 nitrogen and oxygen atoms in total. The average molecular weight is 414 g/mol. The van der Waals surface area contributed by atoms with E-state index in [9.17, 15) is 24.2 Å². The van der Waals surface area contributed by atoms with E-state index in [1.165, 1.54) is 10.2 Å². The van der Waals surface area contributed by atoms with E-state index in [2.05, 4.69) is 0 Å². The van der Waals surface area contributed by atoms with Crippen molar-refractivity contribution in [1.29, 1.82) is 0 Å².